The van der Waals surface area contributed by atoms with Crippen LogP contribution in [-0.4, -0.2) is 34.0 Å². The predicted molar refractivity (Wildman–Crippen MR) is 64.9 cm³/mol. The number of thiazole rings is 1. The van der Waals surface area contributed by atoms with Gasteiger partial charge in [0.25, 0.3) is 0 Å². The summed E-state index contributed by atoms with van der Waals surface area (Å²) in [6.45, 7) is 6.91. The van der Waals surface area contributed by atoms with Gasteiger partial charge in [-0.25, -0.2) is 9.78 Å². The van der Waals surface area contributed by atoms with Gasteiger partial charge in [0.15, 0.2) is 5.69 Å². The van der Waals surface area contributed by atoms with E-state index in [1.54, 1.807) is 5.51 Å². The normalized spacial score (nSPS) is 10.9. The van der Waals surface area contributed by atoms with Gasteiger partial charge < -0.3 is 5.11 Å². The van der Waals surface area contributed by atoms with E-state index in [-0.39, 0.29) is 5.69 Å². The molecule has 0 fully saturated rings. The van der Waals surface area contributed by atoms with Gasteiger partial charge in [0.2, 0.25) is 0 Å². The van der Waals surface area contributed by atoms with E-state index >= 15 is 0 Å². The highest BCUT2D eigenvalue weighted by atomic mass is 32.1. The third-order valence-electron chi connectivity index (χ3n) is 2.49. The molecule has 1 heterocycles. The summed E-state index contributed by atoms with van der Waals surface area (Å²) in [6.07, 6.45) is 2.31. The van der Waals surface area contributed by atoms with Gasteiger partial charge in [0.05, 0.1) is 10.4 Å². The quantitative estimate of drug-likeness (QED) is 0.798. The fraction of sp³-hybridized carbons (Fsp3) is 0.636. The summed E-state index contributed by atoms with van der Waals surface area (Å²) in [7, 11) is 0. The lowest BCUT2D eigenvalue weighted by molar-refractivity contribution is 0.0689. The van der Waals surface area contributed by atoms with Crippen LogP contribution >= 0.6 is 11.3 Å². The minimum atomic E-state index is -0.928. The topological polar surface area (TPSA) is 53.4 Å². The molecule has 0 spiro atoms. The Morgan fingerprint density at radius 3 is 2.88 bits per heavy atom. The smallest absolute Gasteiger partial charge is 0.355 e. The number of hydrogen-bond acceptors (Lipinski definition) is 4. The Kier molecular flexibility index (Phi) is 5.42. The van der Waals surface area contributed by atoms with Crippen molar-refractivity contribution in [2.75, 3.05) is 13.1 Å². The number of rotatable bonds is 7. The molecule has 1 rings (SSSR count). The van der Waals surface area contributed by atoms with Crippen molar-refractivity contribution < 1.29 is 9.90 Å². The second kappa shape index (κ2) is 6.60. The molecule has 16 heavy (non-hydrogen) atoms. The van der Waals surface area contributed by atoms with Crippen molar-refractivity contribution in [3.63, 3.8) is 0 Å². The molecule has 0 aliphatic carbocycles. The summed E-state index contributed by atoms with van der Waals surface area (Å²) in [5.41, 5.74) is 1.81. The van der Waals surface area contributed by atoms with E-state index in [1.807, 2.05) is 0 Å². The second-order valence-corrected chi connectivity index (χ2v) is 4.59. The van der Waals surface area contributed by atoms with Gasteiger partial charge >= 0.3 is 5.97 Å². The molecule has 1 aromatic heterocycles. The van der Waals surface area contributed by atoms with Crippen molar-refractivity contribution in [1.82, 2.24) is 9.88 Å². The molecule has 0 aliphatic rings. The molecule has 0 amide bonds. The van der Waals surface area contributed by atoms with Crippen LogP contribution in [0.4, 0.5) is 0 Å². The Labute approximate surface area is 99.9 Å². The van der Waals surface area contributed by atoms with Crippen molar-refractivity contribution in [2.45, 2.75) is 33.2 Å². The molecule has 0 atom stereocenters. The fourth-order valence-electron chi connectivity index (χ4n) is 1.49. The monoisotopic (exact) mass is 242 g/mol. The Hall–Kier alpha value is -0.940. The first-order valence-electron chi connectivity index (χ1n) is 5.57. The van der Waals surface area contributed by atoms with Crippen LogP contribution in [0.1, 0.15) is 42.1 Å². The van der Waals surface area contributed by atoms with E-state index in [4.69, 9.17) is 5.11 Å². The first kappa shape index (κ1) is 13.1. The number of nitrogens with zero attached hydrogens (tertiary/aromatic N) is 2. The highest BCUT2D eigenvalue weighted by Gasteiger charge is 2.15. The third kappa shape index (κ3) is 3.57. The van der Waals surface area contributed by atoms with Gasteiger partial charge in [-0.3, -0.25) is 4.90 Å². The van der Waals surface area contributed by atoms with Crippen LogP contribution in [0, 0.1) is 0 Å². The van der Waals surface area contributed by atoms with E-state index in [0.717, 1.165) is 30.8 Å². The lowest BCUT2D eigenvalue weighted by Crippen LogP contribution is -2.24. The molecule has 0 aromatic carbocycles. The Balaban J connectivity index is 2.62. The first-order valence-corrected chi connectivity index (χ1v) is 6.45. The number of carboxylic acid groups (broad SMARTS) is 1. The minimum Gasteiger partial charge on any atom is -0.476 e. The maximum Gasteiger partial charge on any atom is 0.355 e. The average Bonchev–Trinajstić information content (AvgIpc) is 2.72. The van der Waals surface area contributed by atoms with Crippen LogP contribution in [0.3, 0.4) is 0 Å². The van der Waals surface area contributed by atoms with Gasteiger partial charge in [-0.1, -0.05) is 20.3 Å². The standard InChI is InChI=1S/C11H18N2O2S/c1-3-5-6-13(4-2)7-9-10(11(14)15)12-8-16-9/h8H,3-7H2,1-2H3,(H,14,15). The molecule has 0 unspecified atom stereocenters. The Bertz CT molecular complexity index is 338. The van der Waals surface area contributed by atoms with Crippen LogP contribution in [0.5, 0.6) is 0 Å². The van der Waals surface area contributed by atoms with Gasteiger partial charge in [0, 0.05) is 6.54 Å². The van der Waals surface area contributed by atoms with Crippen LogP contribution < -0.4 is 0 Å². The lowest BCUT2D eigenvalue weighted by atomic mass is 10.3. The zero-order valence-electron chi connectivity index (χ0n) is 9.77. The van der Waals surface area contributed by atoms with E-state index in [1.165, 1.54) is 11.3 Å². The van der Waals surface area contributed by atoms with Crippen LogP contribution in [0.25, 0.3) is 0 Å². The lowest BCUT2D eigenvalue weighted by Gasteiger charge is -2.19. The molecule has 0 radical (unpaired) electrons. The van der Waals surface area contributed by atoms with E-state index in [9.17, 15) is 4.79 Å². The average molecular weight is 242 g/mol. The van der Waals surface area contributed by atoms with Gasteiger partial charge in [-0.2, -0.15) is 0 Å². The zero-order valence-corrected chi connectivity index (χ0v) is 10.6. The number of aromatic carboxylic acids is 1. The first-order chi connectivity index (χ1) is 7.69. The van der Waals surface area contributed by atoms with E-state index < -0.39 is 5.97 Å². The molecule has 1 N–H and O–H groups in total. The number of hydrogen-bond donors (Lipinski definition) is 1. The molecule has 90 valence electrons. The summed E-state index contributed by atoms with van der Waals surface area (Å²) < 4.78 is 0. The zero-order chi connectivity index (χ0) is 12.0. The molecule has 0 saturated heterocycles. The molecular formula is C11H18N2O2S. The van der Waals surface area contributed by atoms with Crippen LogP contribution in [0.2, 0.25) is 0 Å². The summed E-state index contributed by atoms with van der Waals surface area (Å²) in [6, 6.07) is 0. The maximum atomic E-state index is 10.9. The molecule has 5 heteroatoms. The van der Waals surface area contributed by atoms with Crippen molar-refractivity contribution >= 4 is 17.3 Å². The maximum absolute atomic E-state index is 10.9. The van der Waals surface area contributed by atoms with Crippen molar-refractivity contribution in [3.05, 3.63) is 16.1 Å². The van der Waals surface area contributed by atoms with Crippen molar-refractivity contribution in [1.29, 1.82) is 0 Å². The Morgan fingerprint density at radius 2 is 2.31 bits per heavy atom. The summed E-state index contributed by atoms with van der Waals surface area (Å²) in [5.74, 6) is -0.928. The van der Waals surface area contributed by atoms with Crippen molar-refractivity contribution in [2.24, 2.45) is 0 Å². The predicted octanol–water partition coefficient (Wildman–Crippen LogP) is 2.46. The molecule has 4 nitrogen and oxygen atoms in total. The van der Waals surface area contributed by atoms with Gasteiger partial charge in [0.1, 0.15) is 0 Å². The van der Waals surface area contributed by atoms with Crippen LogP contribution in [-0.2, 0) is 6.54 Å². The number of carboxylic acids is 1. The molecule has 0 aliphatic heterocycles. The van der Waals surface area contributed by atoms with E-state index in [0.29, 0.717) is 6.54 Å². The molecule has 1 aromatic rings. The SMILES string of the molecule is CCCCN(CC)Cc1scnc1C(=O)O. The fourth-order valence-corrected chi connectivity index (χ4v) is 2.29. The third-order valence-corrected chi connectivity index (χ3v) is 3.30. The Morgan fingerprint density at radius 1 is 1.56 bits per heavy atom. The largest absolute Gasteiger partial charge is 0.476 e. The molecular weight excluding hydrogens is 224 g/mol. The highest BCUT2D eigenvalue weighted by molar-refractivity contribution is 7.09. The summed E-state index contributed by atoms with van der Waals surface area (Å²) >= 11 is 1.42. The van der Waals surface area contributed by atoms with Crippen LogP contribution in [0.15, 0.2) is 5.51 Å². The summed E-state index contributed by atoms with van der Waals surface area (Å²) in [4.78, 5) is 17.9. The number of unbranched alkanes of at least 4 members (excludes halogenated alkanes) is 1. The van der Waals surface area contributed by atoms with Crippen molar-refractivity contribution in [3.8, 4) is 0 Å². The molecule has 0 saturated carbocycles. The van der Waals surface area contributed by atoms with Gasteiger partial charge in [-0.05, 0) is 19.5 Å². The highest BCUT2D eigenvalue weighted by Crippen LogP contribution is 2.16. The molecule has 0 bridgehead atoms. The van der Waals surface area contributed by atoms with E-state index in [2.05, 4.69) is 23.7 Å². The second-order valence-electron chi connectivity index (χ2n) is 3.65. The van der Waals surface area contributed by atoms with Gasteiger partial charge in [-0.15, -0.1) is 11.3 Å². The summed E-state index contributed by atoms with van der Waals surface area (Å²) in [5, 5.41) is 8.94. The minimum absolute atomic E-state index is 0.208. The number of aromatic nitrogens is 1. The number of carbonyl (C=O) groups is 1.